The van der Waals surface area contributed by atoms with Crippen LogP contribution in [0.5, 0.6) is 5.75 Å². The van der Waals surface area contributed by atoms with Crippen molar-refractivity contribution in [1.29, 1.82) is 0 Å². The molecule has 0 spiro atoms. The lowest BCUT2D eigenvalue weighted by atomic mass is 10.1. The Balaban J connectivity index is 1.79. The molecule has 0 saturated heterocycles. The molecule has 0 fully saturated rings. The first-order valence-electron chi connectivity index (χ1n) is 8.15. The van der Waals surface area contributed by atoms with E-state index in [2.05, 4.69) is 20.6 Å². The van der Waals surface area contributed by atoms with Crippen LogP contribution in [0.2, 0.25) is 0 Å². The van der Waals surface area contributed by atoms with E-state index in [1.54, 1.807) is 12.1 Å². The molecule has 144 valence electrons. The SMILES string of the molecule is NC(Cc1ccc(O)cc1)C(=O)NCC(=O)NC(Cc1cnc[nH]1)C(=O)O. The van der Waals surface area contributed by atoms with E-state index in [1.807, 2.05) is 0 Å². The minimum absolute atomic E-state index is 0.0371. The van der Waals surface area contributed by atoms with E-state index in [0.29, 0.717) is 5.69 Å². The number of aromatic nitrogens is 2. The molecule has 10 heteroatoms. The Morgan fingerprint density at radius 3 is 2.48 bits per heavy atom. The summed E-state index contributed by atoms with van der Waals surface area (Å²) >= 11 is 0. The zero-order chi connectivity index (χ0) is 19.8. The fraction of sp³-hybridized carbons (Fsp3) is 0.294. The molecule has 27 heavy (non-hydrogen) atoms. The van der Waals surface area contributed by atoms with Crippen molar-refractivity contribution in [2.45, 2.75) is 24.9 Å². The van der Waals surface area contributed by atoms with Gasteiger partial charge >= 0.3 is 5.97 Å². The van der Waals surface area contributed by atoms with Crippen LogP contribution in [0.25, 0.3) is 0 Å². The summed E-state index contributed by atoms with van der Waals surface area (Å²) in [6.45, 7) is -0.394. The van der Waals surface area contributed by atoms with Crippen molar-refractivity contribution in [1.82, 2.24) is 20.6 Å². The Morgan fingerprint density at radius 1 is 1.19 bits per heavy atom. The highest BCUT2D eigenvalue weighted by molar-refractivity contribution is 5.89. The topological polar surface area (TPSA) is 170 Å². The molecule has 2 aromatic rings. The summed E-state index contributed by atoms with van der Waals surface area (Å²) in [6.07, 6.45) is 3.14. The van der Waals surface area contributed by atoms with E-state index in [0.717, 1.165) is 5.56 Å². The number of carbonyl (C=O) groups is 3. The molecule has 1 aromatic carbocycles. The predicted octanol–water partition coefficient (Wildman–Crippen LogP) is -1.09. The van der Waals surface area contributed by atoms with E-state index >= 15 is 0 Å². The van der Waals surface area contributed by atoms with Gasteiger partial charge in [-0.2, -0.15) is 0 Å². The monoisotopic (exact) mass is 375 g/mol. The standard InChI is InChI=1S/C17H21N5O5/c18-13(5-10-1-3-12(23)4-2-10)16(25)20-8-15(24)22-14(17(26)27)6-11-7-19-9-21-11/h1-4,7,9,13-14,23H,5-6,8,18H2,(H,19,21)(H,20,25)(H,22,24)(H,26,27). The summed E-state index contributed by atoms with van der Waals surface area (Å²) in [6, 6.07) is 4.21. The second-order valence-electron chi connectivity index (χ2n) is 5.93. The molecule has 2 unspecified atom stereocenters. The summed E-state index contributed by atoms with van der Waals surface area (Å²) < 4.78 is 0. The third kappa shape index (κ3) is 6.44. The van der Waals surface area contributed by atoms with Gasteiger partial charge in [-0.05, 0) is 24.1 Å². The Bertz CT molecular complexity index is 776. The van der Waals surface area contributed by atoms with Crippen LogP contribution in [0, 0.1) is 0 Å². The van der Waals surface area contributed by atoms with Crippen LogP contribution in [-0.4, -0.2) is 56.6 Å². The minimum Gasteiger partial charge on any atom is -0.508 e. The highest BCUT2D eigenvalue weighted by Crippen LogP contribution is 2.10. The highest BCUT2D eigenvalue weighted by Gasteiger charge is 2.22. The maximum absolute atomic E-state index is 12.0. The molecule has 2 atom stereocenters. The number of phenols is 1. The second-order valence-corrected chi connectivity index (χ2v) is 5.93. The van der Waals surface area contributed by atoms with Gasteiger partial charge in [-0.15, -0.1) is 0 Å². The first kappa shape index (κ1) is 19.9. The number of nitrogens with zero attached hydrogens (tertiary/aromatic N) is 1. The van der Waals surface area contributed by atoms with E-state index in [-0.39, 0.29) is 18.6 Å². The molecule has 0 aliphatic carbocycles. The van der Waals surface area contributed by atoms with E-state index in [9.17, 15) is 24.6 Å². The van der Waals surface area contributed by atoms with Gasteiger partial charge in [0.2, 0.25) is 11.8 Å². The van der Waals surface area contributed by atoms with Crippen molar-refractivity contribution in [3.63, 3.8) is 0 Å². The van der Waals surface area contributed by atoms with Gasteiger partial charge in [0, 0.05) is 18.3 Å². The average molecular weight is 375 g/mol. The van der Waals surface area contributed by atoms with Crippen LogP contribution in [0.3, 0.4) is 0 Å². The van der Waals surface area contributed by atoms with Crippen LogP contribution in [-0.2, 0) is 27.2 Å². The molecule has 7 N–H and O–H groups in total. The lowest BCUT2D eigenvalue weighted by molar-refractivity contribution is -0.141. The molecule has 0 radical (unpaired) electrons. The normalized spacial score (nSPS) is 12.8. The number of nitrogens with two attached hydrogens (primary N) is 1. The minimum atomic E-state index is -1.20. The van der Waals surface area contributed by atoms with E-state index < -0.39 is 36.4 Å². The number of carboxylic acids is 1. The number of hydrogen-bond acceptors (Lipinski definition) is 6. The van der Waals surface area contributed by atoms with Crippen molar-refractivity contribution >= 4 is 17.8 Å². The van der Waals surface area contributed by atoms with Crippen LogP contribution in [0.4, 0.5) is 0 Å². The zero-order valence-electron chi connectivity index (χ0n) is 14.4. The lowest BCUT2D eigenvalue weighted by Gasteiger charge is -2.15. The van der Waals surface area contributed by atoms with E-state index in [1.165, 1.54) is 24.7 Å². The van der Waals surface area contributed by atoms with Crippen LogP contribution in [0.15, 0.2) is 36.8 Å². The summed E-state index contributed by atoms with van der Waals surface area (Å²) in [7, 11) is 0. The number of aromatic hydroxyl groups is 1. The van der Waals surface area contributed by atoms with Gasteiger partial charge in [-0.25, -0.2) is 9.78 Å². The maximum Gasteiger partial charge on any atom is 0.326 e. The average Bonchev–Trinajstić information content (AvgIpc) is 3.14. The van der Waals surface area contributed by atoms with Gasteiger partial charge < -0.3 is 31.6 Å². The number of rotatable bonds is 9. The fourth-order valence-electron chi connectivity index (χ4n) is 2.34. The van der Waals surface area contributed by atoms with Gasteiger partial charge in [-0.1, -0.05) is 12.1 Å². The Hall–Kier alpha value is -3.40. The number of benzene rings is 1. The summed E-state index contributed by atoms with van der Waals surface area (Å²) in [5, 5.41) is 23.1. The number of carboxylic acid groups (broad SMARTS) is 1. The maximum atomic E-state index is 12.0. The second kappa shape index (κ2) is 9.34. The summed E-state index contributed by atoms with van der Waals surface area (Å²) in [4.78, 5) is 41.7. The molecule has 1 aromatic heterocycles. The zero-order valence-corrected chi connectivity index (χ0v) is 14.4. The number of hydrogen-bond donors (Lipinski definition) is 6. The van der Waals surface area contributed by atoms with E-state index in [4.69, 9.17) is 5.73 Å². The molecule has 0 aliphatic heterocycles. The molecule has 2 amide bonds. The highest BCUT2D eigenvalue weighted by atomic mass is 16.4. The van der Waals surface area contributed by atoms with Gasteiger partial charge in [0.1, 0.15) is 11.8 Å². The summed E-state index contributed by atoms with van der Waals surface area (Å²) in [5.74, 6) is -2.28. The number of aliphatic carboxylic acids is 1. The Labute approximate surface area is 154 Å². The molecule has 0 bridgehead atoms. The van der Waals surface area contributed by atoms with Crippen LogP contribution >= 0.6 is 0 Å². The number of nitrogens with one attached hydrogen (secondary N) is 3. The van der Waals surface area contributed by atoms with Crippen LogP contribution < -0.4 is 16.4 Å². The third-order valence-electron chi connectivity index (χ3n) is 3.76. The van der Waals surface area contributed by atoms with Crippen molar-refractivity contribution in [3.05, 3.63) is 48.0 Å². The number of phenolic OH excluding ortho intramolecular Hbond substituents is 1. The number of imidazole rings is 1. The number of aromatic amines is 1. The molecular weight excluding hydrogens is 354 g/mol. The summed E-state index contributed by atoms with van der Waals surface area (Å²) in [5.41, 5.74) is 7.11. The number of amides is 2. The van der Waals surface area contributed by atoms with Gasteiger partial charge in [0.05, 0.1) is 18.9 Å². The van der Waals surface area contributed by atoms with Crippen molar-refractivity contribution in [2.24, 2.45) is 5.73 Å². The van der Waals surface area contributed by atoms with Crippen LogP contribution in [0.1, 0.15) is 11.3 Å². The number of carbonyl (C=O) groups excluding carboxylic acids is 2. The van der Waals surface area contributed by atoms with Crippen molar-refractivity contribution in [2.75, 3.05) is 6.54 Å². The molecule has 2 rings (SSSR count). The molecular formula is C17H21N5O5. The molecule has 10 nitrogen and oxygen atoms in total. The first-order valence-corrected chi connectivity index (χ1v) is 8.15. The fourth-order valence-corrected chi connectivity index (χ4v) is 2.34. The predicted molar refractivity (Wildman–Crippen MR) is 94.7 cm³/mol. The largest absolute Gasteiger partial charge is 0.508 e. The molecule has 0 aliphatic rings. The van der Waals surface area contributed by atoms with Gasteiger partial charge in [0.15, 0.2) is 0 Å². The van der Waals surface area contributed by atoms with Crippen molar-refractivity contribution in [3.8, 4) is 5.75 Å². The lowest BCUT2D eigenvalue weighted by Crippen LogP contribution is -2.49. The van der Waals surface area contributed by atoms with Gasteiger partial charge in [0.25, 0.3) is 0 Å². The van der Waals surface area contributed by atoms with Crippen molar-refractivity contribution < 1.29 is 24.6 Å². The Morgan fingerprint density at radius 2 is 1.89 bits per heavy atom. The first-order chi connectivity index (χ1) is 12.8. The number of H-pyrrole nitrogens is 1. The third-order valence-corrected chi connectivity index (χ3v) is 3.76. The van der Waals surface area contributed by atoms with Gasteiger partial charge in [-0.3, -0.25) is 9.59 Å². The molecule has 0 saturated carbocycles. The quantitative estimate of drug-likeness (QED) is 0.323. The molecule has 1 heterocycles. The Kier molecular flexibility index (Phi) is 6.89. The smallest absolute Gasteiger partial charge is 0.326 e.